The van der Waals surface area contributed by atoms with Crippen LogP contribution in [0.4, 0.5) is 0 Å². The normalized spacial score (nSPS) is 11.5. The molecule has 3 aromatic carbocycles. The molecule has 0 aliphatic rings. The number of allylic oxidation sites excluding steroid dienone is 1. The van der Waals surface area contributed by atoms with Crippen molar-refractivity contribution in [2.75, 3.05) is 6.61 Å². The van der Waals surface area contributed by atoms with Crippen molar-refractivity contribution >= 4 is 28.1 Å². The molecule has 0 spiro atoms. The molecule has 7 nitrogen and oxygen atoms in total. The van der Waals surface area contributed by atoms with E-state index >= 15 is 0 Å². The summed E-state index contributed by atoms with van der Waals surface area (Å²) in [5, 5.41) is 16.3. The third kappa shape index (κ3) is 4.19. The van der Waals surface area contributed by atoms with Crippen molar-refractivity contribution in [2.24, 2.45) is 5.10 Å². The Kier molecular flexibility index (Phi) is 5.89. The minimum Gasteiger partial charge on any atom is -0.504 e. The summed E-state index contributed by atoms with van der Waals surface area (Å²) < 4.78 is 12.8. The van der Waals surface area contributed by atoms with Gasteiger partial charge in [0.1, 0.15) is 5.58 Å². The van der Waals surface area contributed by atoms with Gasteiger partial charge in [0.15, 0.2) is 17.3 Å². The SMILES string of the molecule is C=CCc1cc(C=Nn2c(-c3cc4ccccc4o3)nc3ccccc3c2=O)cc(OCC)c1O. The molecule has 0 radical (unpaired) electrons. The first-order valence-electron chi connectivity index (χ1n) is 11.2. The largest absolute Gasteiger partial charge is 0.504 e. The standard InChI is InChI=1S/C28H23N3O4/c1-3-9-20-14-18(15-24(26(20)32)34-4-2)17-29-31-27(25-16-19-10-5-8-13-23(19)35-25)30-22-12-7-6-11-21(22)28(31)33/h3,5-8,10-17,32H,1,4,9H2,2H3. The second-order valence-corrected chi connectivity index (χ2v) is 7.92. The average Bonchev–Trinajstić information content (AvgIpc) is 3.30. The summed E-state index contributed by atoms with van der Waals surface area (Å²) in [6.45, 7) is 5.99. The zero-order chi connectivity index (χ0) is 24.4. The Bertz CT molecular complexity index is 1610. The van der Waals surface area contributed by atoms with Gasteiger partial charge >= 0.3 is 0 Å². The van der Waals surface area contributed by atoms with Crippen LogP contribution < -0.4 is 10.3 Å². The molecule has 5 aromatic rings. The summed E-state index contributed by atoms with van der Waals surface area (Å²) in [7, 11) is 0. The maximum atomic E-state index is 13.4. The van der Waals surface area contributed by atoms with Crippen molar-refractivity contribution in [3.63, 3.8) is 0 Å². The number of aromatic nitrogens is 2. The number of benzene rings is 3. The number of para-hydroxylation sites is 2. The zero-order valence-corrected chi connectivity index (χ0v) is 19.1. The monoisotopic (exact) mass is 465 g/mol. The Balaban J connectivity index is 1.69. The van der Waals surface area contributed by atoms with Crippen molar-refractivity contribution in [1.29, 1.82) is 0 Å². The molecule has 1 N–H and O–H groups in total. The molecule has 0 unspecified atom stereocenters. The average molecular weight is 466 g/mol. The molecule has 0 aliphatic carbocycles. The predicted molar refractivity (Wildman–Crippen MR) is 137 cm³/mol. The molecule has 35 heavy (non-hydrogen) atoms. The lowest BCUT2D eigenvalue weighted by molar-refractivity contribution is 0.317. The fraction of sp³-hybridized carbons (Fsp3) is 0.107. The Morgan fingerprint density at radius 3 is 2.74 bits per heavy atom. The van der Waals surface area contributed by atoms with Crippen molar-refractivity contribution in [2.45, 2.75) is 13.3 Å². The Morgan fingerprint density at radius 1 is 1.14 bits per heavy atom. The maximum Gasteiger partial charge on any atom is 0.282 e. The van der Waals surface area contributed by atoms with Crippen LogP contribution in [-0.4, -0.2) is 27.6 Å². The molecule has 2 aromatic heterocycles. The highest BCUT2D eigenvalue weighted by Gasteiger charge is 2.16. The lowest BCUT2D eigenvalue weighted by Crippen LogP contribution is -2.20. The summed E-state index contributed by atoms with van der Waals surface area (Å²) in [5.41, 5.74) is 2.22. The van der Waals surface area contributed by atoms with Crippen LogP contribution in [0.1, 0.15) is 18.1 Å². The van der Waals surface area contributed by atoms with E-state index in [9.17, 15) is 9.90 Å². The number of phenols is 1. The highest BCUT2D eigenvalue weighted by Crippen LogP contribution is 2.32. The molecule has 0 saturated carbocycles. The number of hydrogen-bond donors (Lipinski definition) is 1. The molecule has 0 amide bonds. The van der Waals surface area contributed by atoms with Gasteiger partial charge in [-0.1, -0.05) is 36.4 Å². The van der Waals surface area contributed by atoms with E-state index in [1.807, 2.05) is 43.3 Å². The molecular formula is C28H23N3O4. The van der Waals surface area contributed by atoms with Crippen molar-refractivity contribution in [1.82, 2.24) is 9.66 Å². The van der Waals surface area contributed by atoms with E-state index in [2.05, 4.69) is 11.7 Å². The van der Waals surface area contributed by atoms with Gasteiger partial charge in [-0.05, 0) is 55.3 Å². The van der Waals surface area contributed by atoms with E-state index in [1.54, 1.807) is 42.6 Å². The van der Waals surface area contributed by atoms with Crippen molar-refractivity contribution < 1.29 is 14.3 Å². The molecule has 0 fully saturated rings. The second kappa shape index (κ2) is 9.30. The topological polar surface area (TPSA) is 89.9 Å². The third-order valence-electron chi connectivity index (χ3n) is 5.56. The molecule has 0 atom stereocenters. The number of rotatable bonds is 7. The van der Waals surface area contributed by atoms with E-state index in [0.717, 1.165) is 5.39 Å². The van der Waals surface area contributed by atoms with Gasteiger partial charge in [0, 0.05) is 10.9 Å². The summed E-state index contributed by atoms with van der Waals surface area (Å²) >= 11 is 0. The predicted octanol–water partition coefficient (Wildman–Crippen LogP) is 5.52. The lowest BCUT2D eigenvalue weighted by Gasteiger charge is -2.11. The van der Waals surface area contributed by atoms with Crippen LogP contribution in [0.5, 0.6) is 11.5 Å². The summed E-state index contributed by atoms with van der Waals surface area (Å²) in [4.78, 5) is 18.1. The summed E-state index contributed by atoms with van der Waals surface area (Å²) in [6.07, 6.45) is 3.69. The fourth-order valence-corrected chi connectivity index (χ4v) is 3.95. The van der Waals surface area contributed by atoms with Gasteiger partial charge < -0.3 is 14.3 Å². The minimum absolute atomic E-state index is 0.0661. The molecule has 0 saturated heterocycles. The number of hydrogen-bond acceptors (Lipinski definition) is 6. The Hall–Kier alpha value is -4.65. The first-order valence-corrected chi connectivity index (χ1v) is 11.2. The number of aromatic hydroxyl groups is 1. The van der Waals surface area contributed by atoms with Crippen LogP contribution >= 0.6 is 0 Å². The first kappa shape index (κ1) is 22.2. The first-order chi connectivity index (χ1) is 17.1. The molecule has 2 heterocycles. The highest BCUT2D eigenvalue weighted by molar-refractivity contribution is 5.85. The lowest BCUT2D eigenvalue weighted by atomic mass is 10.1. The molecular weight excluding hydrogens is 442 g/mol. The number of ether oxygens (including phenoxy) is 1. The van der Waals surface area contributed by atoms with Crippen molar-refractivity contribution in [3.05, 3.63) is 101 Å². The van der Waals surface area contributed by atoms with Crippen LogP contribution in [0.15, 0.2) is 93.7 Å². The molecule has 7 heteroatoms. The van der Waals surface area contributed by atoms with E-state index < -0.39 is 0 Å². The third-order valence-corrected chi connectivity index (χ3v) is 5.56. The summed E-state index contributed by atoms with van der Waals surface area (Å²) in [5.74, 6) is 1.13. The van der Waals surface area contributed by atoms with Crippen LogP contribution in [0.3, 0.4) is 0 Å². The smallest absolute Gasteiger partial charge is 0.282 e. The van der Waals surface area contributed by atoms with E-state index in [1.165, 1.54) is 4.68 Å². The zero-order valence-electron chi connectivity index (χ0n) is 19.1. The molecule has 0 aliphatic heterocycles. The minimum atomic E-state index is -0.322. The van der Waals surface area contributed by atoms with Crippen LogP contribution in [0.25, 0.3) is 33.5 Å². The van der Waals surface area contributed by atoms with E-state index in [-0.39, 0.29) is 17.1 Å². The van der Waals surface area contributed by atoms with Crippen LogP contribution in [-0.2, 0) is 6.42 Å². The Morgan fingerprint density at radius 2 is 1.94 bits per heavy atom. The van der Waals surface area contributed by atoms with Crippen LogP contribution in [0.2, 0.25) is 0 Å². The van der Waals surface area contributed by atoms with Gasteiger partial charge in [-0.15, -0.1) is 6.58 Å². The number of phenolic OH excluding ortho intramolecular Hbond substituents is 1. The van der Waals surface area contributed by atoms with Gasteiger partial charge in [-0.2, -0.15) is 9.78 Å². The Labute approximate surface area is 201 Å². The van der Waals surface area contributed by atoms with Gasteiger partial charge in [0.05, 0.1) is 23.7 Å². The molecule has 5 rings (SSSR count). The van der Waals surface area contributed by atoms with Gasteiger partial charge in [-0.3, -0.25) is 4.79 Å². The fourth-order valence-electron chi connectivity index (χ4n) is 3.95. The molecule has 0 bridgehead atoms. The maximum absolute atomic E-state index is 13.4. The van der Waals surface area contributed by atoms with Crippen LogP contribution in [0, 0.1) is 0 Å². The number of nitrogens with zero attached hydrogens (tertiary/aromatic N) is 3. The quantitative estimate of drug-likeness (QED) is 0.252. The summed E-state index contributed by atoms with van der Waals surface area (Å²) in [6, 6.07) is 20.0. The van der Waals surface area contributed by atoms with E-state index in [4.69, 9.17) is 14.1 Å². The van der Waals surface area contributed by atoms with Gasteiger partial charge in [-0.25, -0.2) is 4.98 Å². The number of furan rings is 1. The van der Waals surface area contributed by atoms with E-state index in [0.29, 0.717) is 52.2 Å². The van der Waals surface area contributed by atoms with Gasteiger partial charge in [0.2, 0.25) is 5.82 Å². The number of fused-ring (bicyclic) bond motifs is 2. The second-order valence-electron chi connectivity index (χ2n) is 7.92. The van der Waals surface area contributed by atoms with Gasteiger partial charge in [0.25, 0.3) is 5.56 Å². The highest BCUT2D eigenvalue weighted by atomic mass is 16.5. The van der Waals surface area contributed by atoms with Crippen molar-refractivity contribution in [3.8, 4) is 23.1 Å². The molecule has 174 valence electrons.